The predicted octanol–water partition coefficient (Wildman–Crippen LogP) is 9.12. The van der Waals surface area contributed by atoms with Crippen molar-refractivity contribution in [1.29, 1.82) is 0 Å². The molecule has 0 spiro atoms. The van der Waals surface area contributed by atoms with Gasteiger partial charge in [-0.15, -0.1) is 0 Å². The first kappa shape index (κ1) is 50.2. The van der Waals surface area contributed by atoms with Crippen molar-refractivity contribution in [2.24, 2.45) is 11.8 Å². The zero-order valence-corrected chi connectivity index (χ0v) is 27.4. The summed E-state index contributed by atoms with van der Waals surface area (Å²) in [7, 11) is 0.183. The van der Waals surface area contributed by atoms with E-state index in [0.29, 0.717) is 42.9 Å². The molecular formula is C36H67NO8S. The lowest BCUT2D eigenvalue weighted by Gasteiger charge is -2.31. The Balaban J connectivity index is -0.000000342. The second-order valence-corrected chi connectivity index (χ2v) is 13.0. The molecule has 0 bridgehead atoms. The Bertz CT molecular complexity index is 1300. The lowest BCUT2D eigenvalue weighted by molar-refractivity contribution is -0.142. The van der Waals surface area contributed by atoms with E-state index in [-0.39, 0.29) is 71.7 Å². The summed E-state index contributed by atoms with van der Waals surface area (Å²) < 4.78 is 40.4. The number of benzene rings is 2. The molecule has 0 radical (unpaired) electrons. The number of methoxy groups -OCH3 is 2. The lowest BCUT2D eigenvalue weighted by Crippen LogP contribution is -2.40. The summed E-state index contributed by atoms with van der Waals surface area (Å²) in [6.45, 7) is 11.3. The largest absolute Gasteiger partial charge is 0.374 e. The van der Waals surface area contributed by atoms with Crippen LogP contribution in [0.5, 0.6) is 0 Å². The topological polar surface area (TPSA) is 125 Å². The Morgan fingerprint density at radius 3 is 1.89 bits per heavy atom. The van der Waals surface area contributed by atoms with Crippen molar-refractivity contribution < 1.29 is 37.9 Å². The number of anilines is 1. The molecule has 0 aromatic heterocycles. The highest BCUT2D eigenvalue weighted by Gasteiger charge is 2.35. The highest BCUT2D eigenvalue weighted by Crippen LogP contribution is 2.32. The summed E-state index contributed by atoms with van der Waals surface area (Å²) in [5, 5.41) is 3.92. The molecule has 10 heteroatoms. The van der Waals surface area contributed by atoms with Crippen molar-refractivity contribution in [2.75, 3.05) is 26.6 Å². The quantitative estimate of drug-likeness (QED) is 0.138. The van der Waals surface area contributed by atoms with Gasteiger partial charge in [0.1, 0.15) is 16.6 Å². The van der Waals surface area contributed by atoms with Crippen molar-refractivity contribution in [2.45, 2.75) is 126 Å². The third kappa shape index (κ3) is 15.3. The molecule has 2 rings (SSSR count). The molecule has 2 aromatic carbocycles. The summed E-state index contributed by atoms with van der Waals surface area (Å²) >= 11 is 0. The van der Waals surface area contributed by atoms with Gasteiger partial charge in [-0.1, -0.05) is 87.7 Å². The second-order valence-electron chi connectivity index (χ2n) is 11.4. The molecule has 9 nitrogen and oxygen atoms in total. The fourth-order valence-electron chi connectivity index (χ4n) is 4.87. The molecule has 0 aliphatic carbocycles. The summed E-state index contributed by atoms with van der Waals surface area (Å²) in [6.07, 6.45) is 3.16. The average molecular weight is 674 g/mol. The number of fused-ring (bicyclic) bond motifs is 1. The number of carbonyl (C=O) groups is 3. The molecule has 1 amide bonds. The molecule has 0 saturated carbocycles. The maximum Gasteiger partial charge on any atom is 0.299 e. The lowest BCUT2D eigenvalue weighted by atomic mass is 9.84. The van der Waals surface area contributed by atoms with Gasteiger partial charge in [0.25, 0.3) is 10.1 Å². The van der Waals surface area contributed by atoms with Crippen LogP contribution in [0.2, 0.25) is 0 Å². The number of carbonyl (C=O) groups excluding carboxylic acids is 3. The number of unbranched alkanes of at least 4 members (excludes halogenated alkanes) is 1. The van der Waals surface area contributed by atoms with Crippen LogP contribution >= 0.6 is 0 Å². The van der Waals surface area contributed by atoms with Crippen LogP contribution in [-0.2, 0) is 38.2 Å². The van der Waals surface area contributed by atoms with E-state index in [2.05, 4.69) is 19.2 Å². The van der Waals surface area contributed by atoms with Crippen molar-refractivity contribution in [3.8, 4) is 0 Å². The first-order valence-corrected chi connectivity index (χ1v) is 15.8. The van der Waals surface area contributed by atoms with Gasteiger partial charge < -0.3 is 14.8 Å². The fraction of sp³-hybridized carbons (Fsp3) is 0.639. The van der Waals surface area contributed by atoms with Crippen molar-refractivity contribution in [1.82, 2.24) is 0 Å². The molecule has 46 heavy (non-hydrogen) atoms. The van der Waals surface area contributed by atoms with Crippen LogP contribution in [0.25, 0.3) is 10.8 Å². The average Bonchev–Trinajstić information content (AvgIpc) is 2.92. The summed E-state index contributed by atoms with van der Waals surface area (Å²) in [4.78, 5) is 35.5. The highest BCUT2D eigenvalue weighted by atomic mass is 32.2. The van der Waals surface area contributed by atoms with Gasteiger partial charge in [-0.25, -0.2) is 0 Å². The van der Waals surface area contributed by atoms with Gasteiger partial charge in [0, 0.05) is 27.5 Å². The summed E-state index contributed by atoms with van der Waals surface area (Å²) in [5.41, 5.74) is -0.645. The summed E-state index contributed by atoms with van der Waals surface area (Å²) in [5.74, 6) is 0.632. The van der Waals surface area contributed by atoms with Crippen LogP contribution in [0, 0.1) is 11.8 Å². The summed E-state index contributed by atoms with van der Waals surface area (Å²) in [6, 6.07) is 10.3. The van der Waals surface area contributed by atoms with Gasteiger partial charge in [0.2, 0.25) is 5.91 Å². The smallest absolute Gasteiger partial charge is 0.299 e. The first-order valence-electron chi connectivity index (χ1n) is 14.4. The number of ether oxygens (including phenoxy) is 2. The molecular weight excluding hydrogens is 606 g/mol. The Labute approximate surface area is 282 Å². The van der Waals surface area contributed by atoms with Crippen molar-refractivity contribution >= 4 is 44.1 Å². The molecule has 2 atom stereocenters. The van der Waals surface area contributed by atoms with Crippen LogP contribution in [0.3, 0.4) is 0 Å². The van der Waals surface area contributed by atoms with Gasteiger partial charge in [-0.3, -0.25) is 18.6 Å². The van der Waals surface area contributed by atoms with Crippen molar-refractivity contribution in [3.05, 3.63) is 36.4 Å². The SMILES string of the molecule is C.C.C.C.COC(CC(C)C)C(C)=O.COC(CCCCC(=O)Nc1ccc2ccccc2c1S(=O)(=O)OC)(CC(C)C)C(C)=O.[HH]. The van der Waals surface area contributed by atoms with E-state index in [9.17, 15) is 22.8 Å². The number of hydrogen-bond donors (Lipinski definition) is 1. The number of hydrogen-bond acceptors (Lipinski definition) is 8. The molecule has 0 fully saturated rings. The zero-order chi connectivity index (χ0) is 32.1. The Kier molecular flexibility index (Phi) is 25.8. The number of rotatable bonds is 16. The molecule has 270 valence electrons. The number of nitrogens with one attached hydrogen (secondary N) is 1. The van der Waals surface area contributed by atoms with Crippen molar-refractivity contribution in [3.63, 3.8) is 0 Å². The van der Waals surface area contributed by atoms with E-state index in [1.807, 2.05) is 19.9 Å². The minimum absolute atomic E-state index is 0. The van der Waals surface area contributed by atoms with E-state index in [1.165, 1.54) is 6.92 Å². The minimum atomic E-state index is -4.04. The molecule has 0 heterocycles. The molecule has 2 aromatic rings. The number of ketones is 2. The van der Waals surface area contributed by atoms with E-state index in [1.54, 1.807) is 51.5 Å². The highest BCUT2D eigenvalue weighted by molar-refractivity contribution is 7.87. The third-order valence-electron chi connectivity index (χ3n) is 7.05. The predicted molar refractivity (Wildman–Crippen MR) is 195 cm³/mol. The van der Waals surface area contributed by atoms with E-state index >= 15 is 0 Å². The maximum absolute atomic E-state index is 12.6. The van der Waals surface area contributed by atoms with Crippen LogP contribution in [0.1, 0.15) is 111 Å². The molecule has 0 saturated heterocycles. The van der Waals surface area contributed by atoms with Gasteiger partial charge in [0.15, 0.2) is 11.6 Å². The van der Waals surface area contributed by atoms with E-state index in [0.717, 1.165) is 18.9 Å². The van der Waals surface area contributed by atoms with Crippen LogP contribution in [0.15, 0.2) is 41.3 Å². The van der Waals surface area contributed by atoms with E-state index < -0.39 is 15.7 Å². The van der Waals surface area contributed by atoms with Gasteiger partial charge in [-0.2, -0.15) is 8.42 Å². The molecule has 1 N–H and O–H groups in total. The monoisotopic (exact) mass is 673 g/mol. The maximum atomic E-state index is 12.6. The van der Waals surface area contributed by atoms with Gasteiger partial charge >= 0.3 is 0 Å². The Morgan fingerprint density at radius 1 is 0.870 bits per heavy atom. The third-order valence-corrected chi connectivity index (χ3v) is 8.43. The first-order chi connectivity index (χ1) is 19.6. The molecule has 2 unspecified atom stereocenters. The standard InChI is InChI=1S/C24H33NO6S.C8H16O2.4CH4.H2/c1-17(2)16-24(30-4,18(3)26)15-9-8-12-22(27)25-21-14-13-19-10-6-7-11-20(19)23(21)32(28,29)31-5;1-6(2)5-8(10-4)7(3)9;;;;;/h6-7,10-11,13-14,17H,8-9,12,15-16H2,1-5H3,(H,25,27);6,8H,5H2,1-4H3;4*1H4;1H. The normalized spacial score (nSPS) is 12.6. The van der Waals surface area contributed by atoms with Crippen LogP contribution in [0.4, 0.5) is 5.69 Å². The van der Waals surface area contributed by atoms with Crippen LogP contribution in [-0.4, -0.2) is 58.9 Å². The molecule has 0 aliphatic heterocycles. The zero-order valence-electron chi connectivity index (χ0n) is 26.6. The number of Topliss-reactive ketones (excluding diaryl/α,β-unsaturated/α-hetero) is 2. The van der Waals surface area contributed by atoms with Gasteiger partial charge in [0.05, 0.1) is 12.8 Å². The van der Waals surface area contributed by atoms with E-state index in [4.69, 9.17) is 13.7 Å². The number of amides is 1. The van der Waals surface area contributed by atoms with Crippen LogP contribution < -0.4 is 5.32 Å². The van der Waals surface area contributed by atoms with Gasteiger partial charge in [-0.05, 0) is 69.2 Å². The second kappa shape index (κ2) is 23.6. The molecule has 0 aliphatic rings. The Morgan fingerprint density at radius 2 is 1.46 bits per heavy atom. The Hall–Kier alpha value is -2.66. The fourth-order valence-corrected chi connectivity index (χ4v) is 5.88. The minimum Gasteiger partial charge on any atom is -0.374 e.